The fourth-order valence-corrected chi connectivity index (χ4v) is 4.17. The van der Waals surface area contributed by atoms with E-state index in [4.69, 9.17) is 13.9 Å². The second-order valence-corrected chi connectivity index (χ2v) is 16.3. The van der Waals surface area contributed by atoms with Crippen molar-refractivity contribution in [1.29, 1.82) is 0 Å². The van der Waals surface area contributed by atoms with Gasteiger partial charge in [0.05, 0.1) is 6.10 Å². The number of nitrogens with zero attached hydrogens (tertiary/aromatic N) is 1. The highest BCUT2D eigenvalue weighted by atomic mass is 32.2. The van der Waals surface area contributed by atoms with Crippen molar-refractivity contribution in [2.45, 2.75) is 103 Å². The van der Waals surface area contributed by atoms with Gasteiger partial charge in [-0.05, 0) is 77.7 Å². The van der Waals surface area contributed by atoms with Crippen molar-refractivity contribution < 1.29 is 22.9 Å². The fraction of sp³-hybridized carbons (Fsp3) is 0.727. The molecule has 0 aliphatic rings. The summed E-state index contributed by atoms with van der Waals surface area (Å²) in [4.78, 5) is 16.7. The third-order valence-electron chi connectivity index (χ3n) is 5.08. The molecule has 0 aromatic carbocycles. The number of rotatable bonds is 9. The van der Waals surface area contributed by atoms with Crippen molar-refractivity contribution in [3.8, 4) is 5.88 Å². The number of amides is 1. The van der Waals surface area contributed by atoms with Crippen LogP contribution in [0.15, 0.2) is 17.0 Å². The molecule has 7 nitrogen and oxygen atoms in total. The van der Waals surface area contributed by atoms with E-state index in [-0.39, 0.29) is 17.0 Å². The normalized spacial score (nSPS) is 14.6. The molecule has 0 bridgehead atoms. The molecule has 2 atom stereocenters. The quantitative estimate of drug-likeness (QED) is 0.377. The average molecular weight is 473 g/mol. The Morgan fingerprint density at radius 3 is 2.35 bits per heavy atom. The Bertz CT molecular complexity index is 772. The van der Waals surface area contributed by atoms with Gasteiger partial charge >= 0.3 is 6.09 Å². The van der Waals surface area contributed by atoms with Gasteiger partial charge in [0.25, 0.3) is 0 Å². The first-order valence-corrected chi connectivity index (χ1v) is 14.8. The molecular weight excluding hydrogens is 432 g/mol. The minimum absolute atomic E-state index is 0.144. The molecule has 0 saturated heterocycles. The summed E-state index contributed by atoms with van der Waals surface area (Å²) in [6.07, 6.45) is 0.729. The van der Waals surface area contributed by atoms with Gasteiger partial charge in [0.15, 0.2) is 19.3 Å². The third-order valence-corrected chi connectivity index (χ3v) is 10.7. The lowest BCUT2D eigenvalue weighted by molar-refractivity contribution is 0.0572. The summed E-state index contributed by atoms with van der Waals surface area (Å²) in [5, 5.41) is 0.181. The second-order valence-electron chi connectivity index (χ2n) is 10.3. The summed E-state index contributed by atoms with van der Waals surface area (Å²) in [6.45, 7) is 20.8. The topological polar surface area (TPSA) is 86.8 Å². The summed E-state index contributed by atoms with van der Waals surface area (Å²) >= 11 is 0. The maximum Gasteiger partial charge on any atom is 0.419 e. The van der Waals surface area contributed by atoms with Gasteiger partial charge in [-0.3, -0.25) is 0 Å². The van der Waals surface area contributed by atoms with Crippen LogP contribution in [0.5, 0.6) is 5.88 Å². The number of nitrogens with one attached hydrogen (secondary N) is 1. The van der Waals surface area contributed by atoms with Crippen molar-refractivity contribution in [2.24, 2.45) is 0 Å². The predicted octanol–water partition coefficient (Wildman–Crippen LogP) is 5.51. The fourth-order valence-electron chi connectivity index (χ4n) is 2.34. The molecule has 0 saturated carbocycles. The van der Waals surface area contributed by atoms with E-state index in [0.717, 1.165) is 18.5 Å². The van der Waals surface area contributed by atoms with Crippen LogP contribution in [0.1, 0.15) is 67.0 Å². The number of aromatic nitrogens is 1. The Hall–Kier alpha value is -1.45. The lowest BCUT2D eigenvalue weighted by Gasteiger charge is -2.36. The van der Waals surface area contributed by atoms with Gasteiger partial charge in [0.1, 0.15) is 10.5 Å². The number of hydrogen-bond acceptors (Lipinski definition) is 6. The molecule has 178 valence electrons. The van der Waals surface area contributed by atoms with Gasteiger partial charge in [-0.15, -0.1) is 0 Å². The van der Waals surface area contributed by atoms with Crippen LogP contribution in [0.3, 0.4) is 0 Å². The molecule has 1 unspecified atom stereocenters. The molecule has 0 radical (unpaired) electrons. The SMILES string of the molecule is Cc1ccc(S(=O)NC(=O)OC(C)(C)C)c(O[C@H](C)CCCO[Si](C)(C)C(C)(C)C)n1. The van der Waals surface area contributed by atoms with Crippen molar-refractivity contribution in [3.63, 3.8) is 0 Å². The van der Waals surface area contributed by atoms with Crippen LogP contribution < -0.4 is 9.46 Å². The highest BCUT2D eigenvalue weighted by molar-refractivity contribution is 7.83. The van der Waals surface area contributed by atoms with E-state index in [1.807, 2.05) is 13.8 Å². The smallest absolute Gasteiger partial charge is 0.419 e. The van der Waals surface area contributed by atoms with Crippen molar-refractivity contribution in [2.75, 3.05) is 6.61 Å². The number of carbonyl (C=O) groups excluding carboxylic acids is 1. The summed E-state index contributed by atoms with van der Waals surface area (Å²) in [6, 6.07) is 3.38. The zero-order valence-corrected chi connectivity index (χ0v) is 22.6. The minimum Gasteiger partial charge on any atom is -0.474 e. The van der Waals surface area contributed by atoms with Gasteiger partial charge in [-0.1, -0.05) is 20.8 Å². The van der Waals surface area contributed by atoms with Crippen LogP contribution in [0.2, 0.25) is 18.1 Å². The molecule has 9 heteroatoms. The van der Waals surface area contributed by atoms with Gasteiger partial charge in [0.2, 0.25) is 5.88 Å². The van der Waals surface area contributed by atoms with Gasteiger partial charge in [-0.2, -0.15) is 0 Å². The van der Waals surface area contributed by atoms with Gasteiger partial charge in [0, 0.05) is 12.3 Å². The Balaban J connectivity index is 2.71. The number of pyridine rings is 1. The van der Waals surface area contributed by atoms with E-state index >= 15 is 0 Å². The first kappa shape index (κ1) is 27.6. The molecule has 1 heterocycles. The first-order valence-electron chi connectivity index (χ1n) is 10.7. The molecule has 0 fully saturated rings. The van der Waals surface area contributed by atoms with E-state index in [9.17, 15) is 9.00 Å². The number of hydrogen-bond donors (Lipinski definition) is 1. The van der Waals surface area contributed by atoms with Crippen LogP contribution >= 0.6 is 0 Å². The Morgan fingerprint density at radius 1 is 1.19 bits per heavy atom. The molecule has 1 aromatic heterocycles. The number of aryl methyl sites for hydroxylation is 1. The third kappa shape index (κ3) is 9.70. The van der Waals surface area contributed by atoms with Crippen molar-refractivity contribution >= 4 is 25.4 Å². The van der Waals surface area contributed by atoms with Crippen molar-refractivity contribution in [1.82, 2.24) is 9.71 Å². The maximum absolute atomic E-state index is 12.7. The minimum atomic E-state index is -1.84. The molecule has 1 aromatic rings. The highest BCUT2D eigenvalue weighted by Crippen LogP contribution is 2.36. The molecule has 31 heavy (non-hydrogen) atoms. The number of ether oxygens (including phenoxy) is 2. The molecule has 0 spiro atoms. The molecule has 1 N–H and O–H groups in total. The largest absolute Gasteiger partial charge is 0.474 e. The summed E-state index contributed by atoms with van der Waals surface area (Å²) < 4.78 is 32.4. The molecule has 1 amide bonds. The van der Waals surface area contributed by atoms with Crippen LogP contribution in [0, 0.1) is 6.92 Å². The molecule has 1 rings (SSSR count). The van der Waals surface area contributed by atoms with E-state index < -0.39 is 31.0 Å². The summed E-state index contributed by atoms with van der Waals surface area (Å²) in [5.41, 5.74) is 0.0571. The van der Waals surface area contributed by atoms with Crippen LogP contribution in [0.25, 0.3) is 0 Å². The Labute approximate surface area is 191 Å². The Kier molecular flexibility index (Phi) is 9.71. The zero-order chi connectivity index (χ0) is 24.0. The Morgan fingerprint density at radius 2 is 1.81 bits per heavy atom. The molecule has 0 aliphatic carbocycles. The number of carbonyl (C=O) groups is 1. The van der Waals surface area contributed by atoms with Crippen LogP contribution in [-0.2, 0) is 20.1 Å². The van der Waals surface area contributed by atoms with E-state index in [1.165, 1.54) is 0 Å². The van der Waals surface area contributed by atoms with Crippen LogP contribution in [-0.4, -0.2) is 41.9 Å². The van der Waals surface area contributed by atoms with Crippen LogP contribution in [0.4, 0.5) is 4.79 Å². The van der Waals surface area contributed by atoms with E-state index in [0.29, 0.717) is 11.5 Å². The average Bonchev–Trinajstić information content (AvgIpc) is 2.56. The summed E-state index contributed by atoms with van der Waals surface area (Å²) in [5.74, 6) is 0.257. The zero-order valence-electron chi connectivity index (χ0n) is 20.8. The monoisotopic (exact) mass is 472 g/mol. The van der Waals surface area contributed by atoms with Gasteiger partial charge < -0.3 is 13.9 Å². The highest BCUT2D eigenvalue weighted by Gasteiger charge is 2.36. The maximum atomic E-state index is 12.7. The van der Waals surface area contributed by atoms with Gasteiger partial charge in [-0.25, -0.2) is 18.7 Å². The van der Waals surface area contributed by atoms with E-state index in [1.54, 1.807) is 32.9 Å². The lowest BCUT2D eigenvalue weighted by atomic mass is 10.2. The second kappa shape index (κ2) is 10.9. The molecule has 0 aliphatic heterocycles. The first-order chi connectivity index (χ1) is 14.0. The lowest BCUT2D eigenvalue weighted by Crippen LogP contribution is -2.41. The van der Waals surface area contributed by atoms with Crippen molar-refractivity contribution in [3.05, 3.63) is 17.8 Å². The molecular formula is C22H40N2O5SSi. The summed E-state index contributed by atoms with van der Waals surface area (Å²) in [7, 11) is -3.61. The predicted molar refractivity (Wildman–Crippen MR) is 127 cm³/mol. The van der Waals surface area contributed by atoms with E-state index in [2.05, 4.69) is 43.6 Å². The standard InChI is InChI=1S/C22H40N2O5SSi/c1-16-13-14-18(30(26)24-20(25)29-21(3,4)5)19(23-16)28-17(2)12-11-15-27-31(9,10)22(6,7)8/h13-14,17H,11-12,15H2,1-10H3,(H,24,25)/t17-,30?/m1/s1.